The van der Waals surface area contributed by atoms with E-state index < -0.39 is 0 Å². The summed E-state index contributed by atoms with van der Waals surface area (Å²) in [6.45, 7) is 3.29. The molecule has 5 heteroatoms. The maximum atomic E-state index is 12.3. The summed E-state index contributed by atoms with van der Waals surface area (Å²) in [5.74, 6) is 0.651. The predicted octanol–water partition coefficient (Wildman–Crippen LogP) is 1.71. The maximum absolute atomic E-state index is 12.3. The van der Waals surface area contributed by atoms with Crippen LogP contribution in [0.4, 0.5) is 0 Å². The Kier molecular flexibility index (Phi) is 9.14. The van der Waals surface area contributed by atoms with Gasteiger partial charge in [0.15, 0.2) is 0 Å². The third-order valence-electron chi connectivity index (χ3n) is 3.33. The lowest BCUT2D eigenvalue weighted by Gasteiger charge is -2.20. The molecule has 0 radical (unpaired) electrons. The van der Waals surface area contributed by atoms with Crippen molar-refractivity contribution in [3.8, 4) is 0 Å². The average Bonchev–Trinajstić information content (AvgIpc) is 2.53. The molecular formula is C16H27N3OS. The van der Waals surface area contributed by atoms with Gasteiger partial charge in [0, 0.05) is 24.9 Å². The van der Waals surface area contributed by atoms with Crippen molar-refractivity contribution >= 4 is 18.5 Å². The number of carbonyl (C=O) groups excluding carboxylic acids is 1. The minimum atomic E-state index is -0.181. The first-order chi connectivity index (χ1) is 10.2. The average molecular weight is 309 g/mol. The number of hydrogen-bond acceptors (Lipinski definition) is 4. The molecule has 0 unspecified atom stereocenters. The summed E-state index contributed by atoms with van der Waals surface area (Å²) in [7, 11) is 0. The van der Waals surface area contributed by atoms with Crippen LogP contribution in [-0.2, 0) is 11.3 Å². The van der Waals surface area contributed by atoms with Crippen LogP contribution < -0.4 is 16.4 Å². The number of nitrogens with one attached hydrogen (secondary N) is 2. The van der Waals surface area contributed by atoms with Crippen LogP contribution in [0.25, 0.3) is 0 Å². The topological polar surface area (TPSA) is 67.1 Å². The highest BCUT2D eigenvalue weighted by Crippen LogP contribution is 2.03. The fraction of sp³-hybridized carbons (Fsp3) is 0.562. The van der Waals surface area contributed by atoms with Crippen LogP contribution in [0.15, 0.2) is 30.3 Å². The van der Waals surface area contributed by atoms with Crippen LogP contribution in [0.2, 0.25) is 0 Å². The van der Waals surface area contributed by atoms with E-state index in [2.05, 4.69) is 30.2 Å². The van der Waals surface area contributed by atoms with Crippen LogP contribution in [-0.4, -0.2) is 30.3 Å². The number of rotatable bonds is 10. The van der Waals surface area contributed by atoms with Crippen LogP contribution >= 0.6 is 12.6 Å². The molecule has 0 bridgehead atoms. The number of carbonyl (C=O) groups is 1. The number of hydrogen-bond donors (Lipinski definition) is 4. The summed E-state index contributed by atoms with van der Waals surface area (Å²) >= 11 is 4.16. The zero-order valence-electron chi connectivity index (χ0n) is 12.7. The lowest BCUT2D eigenvalue weighted by atomic mass is 10.1. The fourth-order valence-electron chi connectivity index (χ4n) is 2.00. The summed E-state index contributed by atoms with van der Waals surface area (Å²) in [5, 5.41) is 6.24. The van der Waals surface area contributed by atoms with Gasteiger partial charge in [-0.2, -0.15) is 12.6 Å². The molecule has 4 nitrogen and oxygen atoms in total. The molecule has 21 heavy (non-hydrogen) atoms. The first-order valence-electron chi connectivity index (χ1n) is 7.58. The van der Waals surface area contributed by atoms with E-state index in [1.165, 1.54) is 0 Å². The van der Waals surface area contributed by atoms with E-state index >= 15 is 0 Å². The van der Waals surface area contributed by atoms with E-state index in [1.807, 2.05) is 30.3 Å². The van der Waals surface area contributed by atoms with Crippen LogP contribution in [0.1, 0.15) is 31.7 Å². The molecule has 2 atom stereocenters. The van der Waals surface area contributed by atoms with E-state index in [0.29, 0.717) is 18.8 Å². The summed E-state index contributed by atoms with van der Waals surface area (Å²) < 4.78 is 0. The Hall–Kier alpha value is -1.04. The molecule has 1 aromatic carbocycles. The second-order valence-corrected chi connectivity index (χ2v) is 5.61. The summed E-state index contributed by atoms with van der Waals surface area (Å²) in [6, 6.07) is 9.71. The van der Waals surface area contributed by atoms with Gasteiger partial charge < -0.3 is 16.4 Å². The summed E-state index contributed by atoms with van der Waals surface area (Å²) in [4.78, 5) is 12.3. The first-order valence-corrected chi connectivity index (χ1v) is 8.22. The van der Waals surface area contributed by atoms with Gasteiger partial charge in [-0.25, -0.2) is 0 Å². The zero-order chi connectivity index (χ0) is 15.5. The second kappa shape index (κ2) is 10.7. The standard InChI is InChI=1S/C16H27N3OS/c1-2-3-9-15(18-11-14(17)12-21)16(20)19-10-13-7-5-4-6-8-13/h4-8,14-15,18,21H,2-3,9-12,17H2,1H3,(H,19,20)/t14-,15+/m1/s1. The molecule has 0 fully saturated rings. The highest BCUT2D eigenvalue weighted by atomic mass is 32.1. The van der Waals surface area contributed by atoms with Crippen LogP contribution in [0.5, 0.6) is 0 Å². The van der Waals surface area contributed by atoms with Crippen molar-refractivity contribution in [3.63, 3.8) is 0 Å². The van der Waals surface area contributed by atoms with E-state index in [4.69, 9.17) is 5.73 Å². The van der Waals surface area contributed by atoms with Gasteiger partial charge in [-0.05, 0) is 12.0 Å². The quantitative estimate of drug-likeness (QED) is 0.497. The molecule has 0 aliphatic heterocycles. The molecule has 1 rings (SSSR count). The Bertz CT molecular complexity index is 400. The van der Waals surface area contributed by atoms with E-state index in [9.17, 15) is 4.79 Å². The van der Waals surface area contributed by atoms with Gasteiger partial charge in [-0.1, -0.05) is 50.1 Å². The number of thiol groups is 1. The van der Waals surface area contributed by atoms with Gasteiger partial charge >= 0.3 is 0 Å². The zero-order valence-corrected chi connectivity index (χ0v) is 13.6. The highest BCUT2D eigenvalue weighted by molar-refractivity contribution is 7.80. The Balaban J connectivity index is 2.45. The van der Waals surface area contributed by atoms with Gasteiger partial charge in [0.2, 0.25) is 5.91 Å². The Morgan fingerprint density at radius 2 is 2.05 bits per heavy atom. The van der Waals surface area contributed by atoms with Gasteiger partial charge in [-0.3, -0.25) is 4.79 Å². The molecule has 0 aromatic heterocycles. The third-order valence-corrected chi connectivity index (χ3v) is 3.80. The lowest BCUT2D eigenvalue weighted by Crippen LogP contribution is -2.48. The lowest BCUT2D eigenvalue weighted by molar-refractivity contribution is -0.123. The minimum absolute atomic E-state index is 0.0283. The molecule has 118 valence electrons. The van der Waals surface area contributed by atoms with Crippen molar-refractivity contribution in [3.05, 3.63) is 35.9 Å². The predicted molar refractivity (Wildman–Crippen MR) is 91.4 cm³/mol. The third kappa shape index (κ3) is 7.50. The monoisotopic (exact) mass is 309 g/mol. The molecule has 0 aliphatic carbocycles. The van der Waals surface area contributed by atoms with E-state index in [1.54, 1.807) is 0 Å². The molecule has 0 saturated heterocycles. The minimum Gasteiger partial charge on any atom is -0.351 e. The molecule has 1 amide bonds. The molecule has 0 aliphatic rings. The van der Waals surface area contributed by atoms with Crippen LogP contribution in [0.3, 0.4) is 0 Å². The van der Waals surface area contributed by atoms with Crippen molar-refractivity contribution in [2.24, 2.45) is 5.73 Å². The Morgan fingerprint density at radius 1 is 1.33 bits per heavy atom. The number of benzene rings is 1. The molecule has 0 spiro atoms. The number of nitrogens with two attached hydrogens (primary N) is 1. The Labute approximate surface area is 133 Å². The van der Waals surface area contributed by atoms with Gasteiger partial charge in [-0.15, -0.1) is 0 Å². The number of unbranched alkanes of at least 4 members (excludes halogenated alkanes) is 1. The van der Waals surface area contributed by atoms with Crippen molar-refractivity contribution in [1.29, 1.82) is 0 Å². The summed E-state index contributed by atoms with van der Waals surface area (Å²) in [6.07, 6.45) is 2.92. The largest absolute Gasteiger partial charge is 0.351 e. The smallest absolute Gasteiger partial charge is 0.237 e. The fourth-order valence-corrected chi connectivity index (χ4v) is 2.13. The maximum Gasteiger partial charge on any atom is 0.237 e. The molecular weight excluding hydrogens is 282 g/mol. The van der Waals surface area contributed by atoms with Crippen molar-refractivity contribution in [2.45, 2.75) is 44.8 Å². The van der Waals surface area contributed by atoms with Crippen molar-refractivity contribution in [1.82, 2.24) is 10.6 Å². The molecule has 4 N–H and O–H groups in total. The normalized spacial score (nSPS) is 13.7. The van der Waals surface area contributed by atoms with Crippen molar-refractivity contribution in [2.75, 3.05) is 12.3 Å². The van der Waals surface area contributed by atoms with E-state index in [0.717, 1.165) is 24.8 Å². The van der Waals surface area contributed by atoms with Gasteiger partial charge in [0.1, 0.15) is 0 Å². The van der Waals surface area contributed by atoms with Crippen molar-refractivity contribution < 1.29 is 4.79 Å². The number of amides is 1. The van der Waals surface area contributed by atoms with Gasteiger partial charge in [0.05, 0.1) is 6.04 Å². The highest BCUT2D eigenvalue weighted by Gasteiger charge is 2.17. The van der Waals surface area contributed by atoms with Gasteiger partial charge in [0.25, 0.3) is 0 Å². The Morgan fingerprint density at radius 3 is 2.67 bits per heavy atom. The SMILES string of the molecule is CCCC[C@H](NC[C@@H](N)CS)C(=O)NCc1ccccc1. The molecule has 1 aromatic rings. The second-order valence-electron chi connectivity index (χ2n) is 5.25. The summed E-state index contributed by atoms with van der Waals surface area (Å²) in [5.41, 5.74) is 6.95. The van der Waals surface area contributed by atoms with E-state index in [-0.39, 0.29) is 18.0 Å². The first kappa shape index (κ1) is 18.0. The van der Waals surface area contributed by atoms with Crippen LogP contribution in [0, 0.1) is 0 Å². The molecule has 0 saturated carbocycles. The molecule has 0 heterocycles.